The molecule has 0 radical (unpaired) electrons. The molecule has 4 rings (SSSR count). The lowest BCUT2D eigenvalue weighted by molar-refractivity contribution is 0.249. The summed E-state index contributed by atoms with van der Waals surface area (Å²) in [5.74, 6) is 0. The summed E-state index contributed by atoms with van der Waals surface area (Å²) in [5.41, 5.74) is 2.62. The number of rotatable bonds is 3. The number of thiazole rings is 1. The van der Waals surface area contributed by atoms with Crippen LogP contribution in [0.5, 0.6) is 0 Å². The third-order valence-corrected chi connectivity index (χ3v) is 5.69. The van der Waals surface area contributed by atoms with Gasteiger partial charge in [-0.3, -0.25) is 4.90 Å². The van der Waals surface area contributed by atoms with Crippen molar-refractivity contribution in [1.29, 1.82) is 0 Å². The molecule has 0 spiro atoms. The van der Waals surface area contributed by atoms with Gasteiger partial charge in [0, 0.05) is 6.04 Å². The van der Waals surface area contributed by atoms with Gasteiger partial charge in [0.25, 0.3) is 0 Å². The maximum Gasteiger partial charge on any atom is 0.108 e. The number of hydrogen-bond donors (Lipinski definition) is 0. The van der Waals surface area contributed by atoms with Gasteiger partial charge < -0.3 is 0 Å². The summed E-state index contributed by atoms with van der Waals surface area (Å²) in [4.78, 5) is 7.35. The number of benzene rings is 1. The van der Waals surface area contributed by atoms with Crippen LogP contribution < -0.4 is 0 Å². The Morgan fingerprint density at radius 3 is 3.05 bits per heavy atom. The first kappa shape index (κ1) is 12.5. The average Bonchev–Trinajstić information content (AvgIpc) is 3.18. The van der Waals surface area contributed by atoms with E-state index in [-0.39, 0.29) is 0 Å². The molecule has 20 heavy (non-hydrogen) atoms. The lowest BCUT2D eigenvalue weighted by Gasteiger charge is -2.22. The summed E-state index contributed by atoms with van der Waals surface area (Å²) in [7, 11) is 0. The highest BCUT2D eigenvalue weighted by Gasteiger charge is 2.26. The predicted molar refractivity (Wildman–Crippen MR) is 86.3 cm³/mol. The number of para-hydroxylation sites is 1. The molecule has 2 aromatic heterocycles. The molecular formula is C16H16N2S2. The van der Waals surface area contributed by atoms with Crippen molar-refractivity contribution >= 4 is 32.9 Å². The highest BCUT2D eigenvalue weighted by molar-refractivity contribution is 7.18. The third-order valence-electron chi connectivity index (χ3n) is 3.97. The number of hydrogen-bond acceptors (Lipinski definition) is 4. The number of likely N-dealkylation sites (tertiary alicyclic amines) is 1. The highest BCUT2D eigenvalue weighted by atomic mass is 32.1. The topological polar surface area (TPSA) is 16.1 Å². The molecule has 1 aliphatic heterocycles. The van der Waals surface area contributed by atoms with Crippen LogP contribution in [-0.4, -0.2) is 16.4 Å². The van der Waals surface area contributed by atoms with E-state index in [9.17, 15) is 0 Å². The fraction of sp³-hybridized carbons (Fsp3) is 0.312. The molecule has 1 aliphatic rings. The zero-order valence-corrected chi connectivity index (χ0v) is 12.8. The van der Waals surface area contributed by atoms with Gasteiger partial charge in [-0.15, -0.1) is 11.3 Å². The van der Waals surface area contributed by atoms with E-state index in [0.29, 0.717) is 6.04 Å². The lowest BCUT2D eigenvalue weighted by Crippen LogP contribution is -2.22. The molecule has 1 atom stereocenters. The van der Waals surface area contributed by atoms with Gasteiger partial charge in [-0.05, 0) is 53.9 Å². The van der Waals surface area contributed by atoms with Gasteiger partial charge in [0.15, 0.2) is 0 Å². The fourth-order valence-electron chi connectivity index (χ4n) is 3.02. The molecule has 1 fully saturated rings. The Labute approximate surface area is 126 Å². The minimum Gasteiger partial charge on any atom is -0.290 e. The Hall–Kier alpha value is -1.23. The molecule has 0 unspecified atom stereocenters. The number of aromatic nitrogens is 1. The summed E-state index contributed by atoms with van der Waals surface area (Å²) >= 11 is 3.63. The van der Waals surface area contributed by atoms with E-state index in [2.05, 4.69) is 46.0 Å². The summed E-state index contributed by atoms with van der Waals surface area (Å²) in [6.07, 6.45) is 2.58. The standard InChI is InChI=1S/C16H16N2S2/c1-2-6-15-13(4-1)17-16(20-15)10-18-8-3-5-14(18)12-7-9-19-11-12/h1-2,4,6-7,9,11,14H,3,5,8,10H2/t14-/m0/s1. The van der Waals surface area contributed by atoms with Crippen molar-refractivity contribution in [2.45, 2.75) is 25.4 Å². The van der Waals surface area contributed by atoms with Gasteiger partial charge in [0.2, 0.25) is 0 Å². The SMILES string of the molecule is c1ccc2sc(CN3CCC[C@H]3c3ccsc3)nc2c1. The molecule has 1 aromatic carbocycles. The number of nitrogens with zero attached hydrogens (tertiary/aromatic N) is 2. The molecule has 102 valence electrons. The van der Waals surface area contributed by atoms with Crippen LogP contribution in [0.4, 0.5) is 0 Å². The molecule has 4 heteroatoms. The minimum atomic E-state index is 0.591. The molecule has 0 N–H and O–H groups in total. The van der Waals surface area contributed by atoms with Crippen LogP contribution in [0.15, 0.2) is 41.1 Å². The second-order valence-corrected chi connectivity index (χ2v) is 7.16. The van der Waals surface area contributed by atoms with Gasteiger partial charge in [0.05, 0.1) is 16.8 Å². The van der Waals surface area contributed by atoms with Crippen LogP contribution in [0, 0.1) is 0 Å². The van der Waals surface area contributed by atoms with Crippen molar-refractivity contribution < 1.29 is 0 Å². The van der Waals surface area contributed by atoms with Crippen LogP contribution in [0.3, 0.4) is 0 Å². The summed E-state index contributed by atoms with van der Waals surface area (Å²) < 4.78 is 1.30. The van der Waals surface area contributed by atoms with Crippen molar-refractivity contribution in [2.24, 2.45) is 0 Å². The van der Waals surface area contributed by atoms with Crippen LogP contribution in [0.25, 0.3) is 10.2 Å². The monoisotopic (exact) mass is 300 g/mol. The lowest BCUT2D eigenvalue weighted by atomic mass is 10.1. The first-order chi connectivity index (χ1) is 9.90. The molecule has 1 saturated heterocycles. The van der Waals surface area contributed by atoms with Crippen LogP contribution in [0.2, 0.25) is 0 Å². The molecule has 0 aliphatic carbocycles. The first-order valence-corrected chi connectivity index (χ1v) is 8.77. The Balaban J connectivity index is 1.58. The van der Waals surface area contributed by atoms with E-state index >= 15 is 0 Å². The summed E-state index contributed by atoms with van der Waals surface area (Å²) in [5, 5.41) is 5.72. The molecule has 3 aromatic rings. The molecule has 2 nitrogen and oxygen atoms in total. The van der Waals surface area contributed by atoms with Gasteiger partial charge in [-0.1, -0.05) is 12.1 Å². The molecule has 3 heterocycles. The molecular weight excluding hydrogens is 284 g/mol. The van der Waals surface area contributed by atoms with E-state index in [1.165, 1.54) is 34.7 Å². The van der Waals surface area contributed by atoms with Crippen LogP contribution in [-0.2, 0) is 6.54 Å². The zero-order chi connectivity index (χ0) is 13.4. The maximum atomic E-state index is 4.77. The smallest absolute Gasteiger partial charge is 0.108 e. The van der Waals surface area contributed by atoms with Crippen LogP contribution in [0.1, 0.15) is 29.5 Å². The van der Waals surface area contributed by atoms with Crippen molar-refractivity contribution in [1.82, 2.24) is 9.88 Å². The molecule has 0 amide bonds. The number of thiophene rings is 1. The highest BCUT2D eigenvalue weighted by Crippen LogP contribution is 2.35. The predicted octanol–water partition coefficient (Wildman–Crippen LogP) is 4.69. The van der Waals surface area contributed by atoms with Crippen molar-refractivity contribution in [3.8, 4) is 0 Å². The van der Waals surface area contributed by atoms with Gasteiger partial charge >= 0.3 is 0 Å². The Morgan fingerprint density at radius 1 is 1.25 bits per heavy atom. The zero-order valence-electron chi connectivity index (χ0n) is 11.2. The Bertz CT molecular complexity index is 669. The minimum absolute atomic E-state index is 0.591. The largest absolute Gasteiger partial charge is 0.290 e. The Kier molecular flexibility index (Phi) is 3.30. The Morgan fingerprint density at radius 2 is 2.20 bits per heavy atom. The van der Waals surface area contributed by atoms with Gasteiger partial charge in [-0.25, -0.2) is 4.98 Å². The van der Waals surface area contributed by atoms with Gasteiger partial charge in [-0.2, -0.15) is 11.3 Å². The molecule has 0 saturated carbocycles. The maximum absolute atomic E-state index is 4.77. The second-order valence-electron chi connectivity index (χ2n) is 5.26. The van der Waals surface area contributed by atoms with Crippen molar-refractivity contribution in [2.75, 3.05) is 6.54 Å². The van der Waals surface area contributed by atoms with Crippen molar-refractivity contribution in [3.63, 3.8) is 0 Å². The number of fused-ring (bicyclic) bond motifs is 1. The van der Waals surface area contributed by atoms with E-state index in [1.807, 2.05) is 11.3 Å². The van der Waals surface area contributed by atoms with Crippen LogP contribution >= 0.6 is 22.7 Å². The summed E-state index contributed by atoms with van der Waals surface area (Å²) in [6.45, 7) is 2.18. The first-order valence-electron chi connectivity index (χ1n) is 7.01. The van der Waals surface area contributed by atoms with E-state index in [0.717, 1.165) is 12.1 Å². The molecule has 0 bridgehead atoms. The third kappa shape index (κ3) is 2.28. The van der Waals surface area contributed by atoms with E-state index < -0.39 is 0 Å². The summed E-state index contributed by atoms with van der Waals surface area (Å²) in [6, 6.07) is 11.3. The van der Waals surface area contributed by atoms with E-state index in [1.54, 1.807) is 11.3 Å². The fourth-order valence-corrected chi connectivity index (χ4v) is 4.72. The normalized spacial score (nSPS) is 19.9. The van der Waals surface area contributed by atoms with E-state index in [4.69, 9.17) is 4.98 Å². The van der Waals surface area contributed by atoms with Gasteiger partial charge in [0.1, 0.15) is 5.01 Å². The average molecular weight is 300 g/mol. The quantitative estimate of drug-likeness (QED) is 0.697. The van der Waals surface area contributed by atoms with Crippen molar-refractivity contribution in [3.05, 3.63) is 51.7 Å². The second kappa shape index (κ2) is 5.28.